The zero-order valence-electron chi connectivity index (χ0n) is 15.5. The van der Waals surface area contributed by atoms with Crippen LogP contribution in [-0.2, 0) is 6.61 Å². The molecule has 0 bridgehead atoms. The van der Waals surface area contributed by atoms with Crippen LogP contribution in [0.3, 0.4) is 0 Å². The topological polar surface area (TPSA) is 42.2 Å². The van der Waals surface area contributed by atoms with Crippen molar-refractivity contribution >= 4 is 46.5 Å². The molecule has 0 fully saturated rings. The summed E-state index contributed by atoms with van der Waals surface area (Å²) in [5.74, 6) is 1.16. The molecule has 0 spiro atoms. The van der Waals surface area contributed by atoms with Crippen LogP contribution < -0.4 is 9.47 Å². The fraction of sp³-hybridized carbons (Fsp3) is 0.0870. The van der Waals surface area contributed by atoms with E-state index in [1.54, 1.807) is 43.5 Å². The van der Waals surface area contributed by atoms with Crippen molar-refractivity contribution < 1.29 is 9.47 Å². The molecular weight excluding hydrogens is 429 g/mol. The molecule has 0 aromatic heterocycles. The Kier molecular flexibility index (Phi) is 7.06. The predicted octanol–water partition coefficient (Wildman–Crippen LogP) is 7.30. The summed E-state index contributed by atoms with van der Waals surface area (Å²) in [7, 11) is 1.57. The van der Waals surface area contributed by atoms with E-state index < -0.39 is 0 Å². The lowest BCUT2D eigenvalue weighted by Crippen LogP contribution is -1.98. The summed E-state index contributed by atoms with van der Waals surface area (Å²) in [5.41, 5.74) is 2.80. The van der Waals surface area contributed by atoms with Gasteiger partial charge in [-0.3, -0.25) is 0 Å². The number of hydrogen-bond acceptors (Lipinski definition) is 3. The van der Waals surface area contributed by atoms with Gasteiger partial charge in [0.25, 0.3) is 0 Å². The van der Waals surface area contributed by atoms with E-state index in [1.807, 2.05) is 30.3 Å². The van der Waals surface area contributed by atoms with E-state index in [0.29, 0.717) is 44.3 Å². The van der Waals surface area contributed by atoms with Crippen LogP contribution in [0.15, 0.2) is 60.7 Å². The number of rotatable bonds is 6. The number of ether oxygens (including phenoxy) is 2. The number of halogens is 3. The van der Waals surface area contributed by atoms with Gasteiger partial charge in [-0.2, -0.15) is 5.26 Å². The molecule has 146 valence electrons. The second-order valence-electron chi connectivity index (χ2n) is 6.12. The summed E-state index contributed by atoms with van der Waals surface area (Å²) >= 11 is 18.1. The Labute approximate surface area is 184 Å². The van der Waals surface area contributed by atoms with E-state index in [0.717, 1.165) is 11.1 Å². The van der Waals surface area contributed by atoms with E-state index >= 15 is 0 Å². The summed E-state index contributed by atoms with van der Waals surface area (Å²) in [6.07, 6.45) is 1.74. The molecule has 0 saturated heterocycles. The highest BCUT2D eigenvalue weighted by Crippen LogP contribution is 2.32. The minimum absolute atomic E-state index is 0.381. The van der Waals surface area contributed by atoms with E-state index in [4.69, 9.17) is 44.3 Å². The molecule has 0 heterocycles. The van der Waals surface area contributed by atoms with Crippen molar-refractivity contribution in [2.24, 2.45) is 0 Å². The number of benzene rings is 3. The van der Waals surface area contributed by atoms with Crippen molar-refractivity contribution in [2.45, 2.75) is 6.61 Å². The summed E-state index contributed by atoms with van der Waals surface area (Å²) < 4.78 is 11.3. The van der Waals surface area contributed by atoms with Crippen molar-refractivity contribution in [1.82, 2.24) is 0 Å². The maximum atomic E-state index is 9.57. The van der Waals surface area contributed by atoms with Crippen LogP contribution in [0, 0.1) is 11.3 Å². The van der Waals surface area contributed by atoms with E-state index in [9.17, 15) is 5.26 Å². The Balaban J connectivity index is 1.84. The lowest BCUT2D eigenvalue weighted by molar-refractivity contribution is 0.284. The van der Waals surface area contributed by atoms with Gasteiger partial charge in [-0.1, -0.05) is 59.1 Å². The van der Waals surface area contributed by atoms with Gasteiger partial charge in [-0.05, 0) is 53.6 Å². The van der Waals surface area contributed by atoms with Crippen molar-refractivity contribution in [2.75, 3.05) is 7.11 Å². The minimum Gasteiger partial charge on any atom is -0.493 e. The molecule has 3 nitrogen and oxygen atoms in total. The summed E-state index contributed by atoms with van der Waals surface area (Å²) in [6.45, 7) is 0.381. The molecule has 0 unspecified atom stereocenters. The smallest absolute Gasteiger partial charge is 0.161 e. The number of hydrogen-bond donors (Lipinski definition) is 0. The van der Waals surface area contributed by atoms with Crippen LogP contribution in [0.25, 0.3) is 11.6 Å². The average Bonchev–Trinajstić information content (AvgIpc) is 2.72. The lowest BCUT2D eigenvalue weighted by atomic mass is 10.0. The zero-order valence-corrected chi connectivity index (χ0v) is 17.7. The second kappa shape index (κ2) is 9.71. The Morgan fingerprint density at radius 1 is 0.931 bits per heavy atom. The lowest BCUT2D eigenvalue weighted by Gasteiger charge is -2.12. The summed E-state index contributed by atoms with van der Waals surface area (Å²) in [5, 5.41) is 11.2. The molecule has 29 heavy (non-hydrogen) atoms. The fourth-order valence-corrected chi connectivity index (χ4v) is 3.32. The maximum Gasteiger partial charge on any atom is 0.161 e. The first-order chi connectivity index (χ1) is 14.0. The van der Waals surface area contributed by atoms with Crippen molar-refractivity contribution in [3.8, 4) is 17.6 Å². The van der Waals surface area contributed by atoms with Gasteiger partial charge in [-0.15, -0.1) is 0 Å². The van der Waals surface area contributed by atoms with Crippen LogP contribution >= 0.6 is 34.8 Å². The van der Waals surface area contributed by atoms with Gasteiger partial charge in [-0.25, -0.2) is 0 Å². The van der Waals surface area contributed by atoms with Crippen molar-refractivity contribution in [3.63, 3.8) is 0 Å². The molecule has 0 radical (unpaired) electrons. The van der Waals surface area contributed by atoms with Gasteiger partial charge in [0.05, 0.1) is 23.8 Å². The minimum atomic E-state index is 0.381. The van der Waals surface area contributed by atoms with E-state index in [-0.39, 0.29) is 0 Å². The SMILES string of the molecule is COc1cc(/C=C(\C#N)c2ccc(Cl)cc2Cl)ccc1OCc1ccc(Cl)cc1. The fourth-order valence-electron chi connectivity index (χ4n) is 2.68. The first kappa shape index (κ1) is 21.1. The number of allylic oxidation sites excluding steroid dienone is 1. The van der Waals surface area contributed by atoms with Crippen LogP contribution in [0.1, 0.15) is 16.7 Å². The zero-order chi connectivity index (χ0) is 20.8. The van der Waals surface area contributed by atoms with Crippen LogP contribution in [0.4, 0.5) is 0 Å². The highest BCUT2D eigenvalue weighted by atomic mass is 35.5. The molecular formula is C23H16Cl3NO2. The van der Waals surface area contributed by atoms with Crippen molar-refractivity contribution in [3.05, 3.63) is 92.4 Å². The average molecular weight is 445 g/mol. The Morgan fingerprint density at radius 2 is 1.66 bits per heavy atom. The van der Waals surface area contributed by atoms with Gasteiger partial charge in [0, 0.05) is 15.6 Å². The molecule has 3 aromatic carbocycles. The third kappa shape index (κ3) is 5.46. The molecule has 3 rings (SSSR count). The summed E-state index contributed by atoms with van der Waals surface area (Å²) in [6, 6.07) is 20.1. The molecule has 0 aliphatic heterocycles. The van der Waals surface area contributed by atoms with Crippen LogP contribution in [-0.4, -0.2) is 7.11 Å². The van der Waals surface area contributed by atoms with Gasteiger partial charge >= 0.3 is 0 Å². The number of nitrogens with zero attached hydrogens (tertiary/aromatic N) is 1. The standard InChI is InChI=1S/C23H16Cl3NO2/c1-28-23-11-16(10-17(13-27)20-8-7-19(25)12-21(20)26)4-9-22(23)29-14-15-2-5-18(24)6-3-15/h2-12H,14H2,1H3/b17-10+. The first-order valence-electron chi connectivity index (χ1n) is 8.62. The first-order valence-corrected chi connectivity index (χ1v) is 9.76. The Morgan fingerprint density at radius 3 is 2.31 bits per heavy atom. The van der Waals surface area contributed by atoms with Crippen LogP contribution in [0.5, 0.6) is 11.5 Å². The third-order valence-corrected chi connectivity index (χ3v) is 4.95. The predicted molar refractivity (Wildman–Crippen MR) is 119 cm³/mol. The third-order valence-electron chi connectivity index (χ3n) is 4.15. The van der Waals surface area contributed by atoms with Gasteiger partial charge in [0.2, 0.25) is 0 Å². The highest BCUT2D eigenvalue weighted by Gasteiger charge is 2.10. The molecule has 0 atom stereocenters. The Hall–Kier alpha value is -2.64. The largest absolute Gasteiger partial charge is 0.493 e. The quantitative estimate of drug-likeness (QED) is 0.296. The van der Waals surface area contributed by atoms with Crippen LogP contribution in [0.2, 0.25) is 15.1 Å². The second-order valence-corrected chi connectivity index (χ2v) is 7.40. The number of nitriles is 1. The van der Waals surface area contributed by atoms with E-state index in [1.165, 1.54) is 0 Å². The van der Waals surface area contributed by atoms with Crippen molar-refractivity contribution in [1.29, 1.82) is 5.26 Å². The van der Waals surface area contributed by atoms with Gasteiger partial charge in [0.1, 0.15) is 6.61 Å². The summed E-state index contributed by atoms with van der Waals surface area (Å²) in [4.78, 5) is 0. The molecule has 0 aliphatic rings. The molecule has 0 N–H and O–H groups in total. The Bertz CT molecular complexity index is 1090. The normalized spacial score (nSPS) is 11.1. The maximum absolute atomic E-state index is 9.57. The van der Waals surface area contributed by atoms with E-state index in [2.05, 4.69) is 6.07 Å². The van der Waals surface area contributed by atoms with Gasteiger partial charge in [0.15, 0.2) is 11.5 Å². The molecule has 0 amide bonds. The molecule has 0 saturated carbocycles. The molecule has 0 aliphatic carbocycles. The monoisotopic (exact) mass is 443 g/mol. The highest BCUT2D eigenvalue weighted by molar-refractivity contribution is 6.36. The molecule has 3 aromatic rings. The van der Waals surface area contributed by atoms with Gasteiger partial charge < -0.3 is 9.47 Å². The number of methoxy groups -OCH3 is 1. The molecule has 6 heteroatoms.